The Morgan fingerprint density at radius 1 is 0.515 bits per heavy atom. The molecule has 0 saturated carbocycles. The first-order valence-electron chi connectivity index (χ1n) is 19.8. The first-order chi connectivity index (χ1) is 31.4. The van der Waals surface area contributed by atoms with Crippen LogP contribution in [-0.4, -0.2) is 61.5 Å². The van der Waals surface area contributed by atoms with Crippen LogP contribution in [0.1, 0.15) is 70.3 Å². The van der Waals surface area contributed by atoms with E-state index in [1.807, 2.05) is 13.8 Å². The lowest BCUT2D eigenvalue weighted by molar-refractivity contribution is -0.127. The van der Waals surface area contributed by atoms with Crippen molar-refractivity contribution in [1.82, 2.24) is 0 Å². The summed E-state index contributed by atoms with van der Waals surface area (Å²) in [6.45, 7) is 5.93. The molecule has 4 N–H and O–H groups in total. The van der Waals surface area contributed by atoms with Gasteiger partial charge in [0.05, 0.1) is 35.0 Å². The molecule has 0 aromatic heterocycles. The van der Waals surface area contributed by atoms with Gasteiger partial charge in [-0.15, -0.1) is 23.2 Å². The Morgan fingerprint density at radius 3 is 1.24 bits per heavy atom. The van der Waals surface area contributed by atoms with Gasteiger partial charge in [-0.3, -0.25) is 28.8 Å². The molecule has 5 aromatic rings. The normalized spacial score (nSPS) is 13.0. The molecule has 4 atom stereocenters. The fourth-order valence-electron chi connectivity index (χ4n) is 5.92. The van der Waals surface area contributed by atoms with E-state index in [4.69, 9.17) is 55.9 Å². The van der Waals surface area contributed by atoms with Crippen molar-refractivity contribution in [3.8, 4) is 11.5 Å². The Balaban J connectivity index is 1.29. The zero-order chi connectivity index (χ0) is 48.2. The molecule has 16 nitrogen and oxygen atoms in total. The predicted molar refractivity (Wildman–Crippen MR) is 255 cm³/mol. The van der Waals surface area contributed by atoms with Gasteiger partial charge in [0.1, 0.15) is 28.6 Å². The summed E-state index contributed by atoms with van der Waals surface area (Å²) in [5.74, 6) is -4.23. The highest BCUT2D eigenvalue weighted by Crippen LogP contribution is 2.39. The molecule has 0 bridgehead atoms. The lowest BCUT2D eigenvalue weighted by Crippen LogP contribution is -2.32. The first-order valence-corrected chi connectivity index (χ1v) is 21.4. The Morgan fingerprint density at radius 2 is 0.894 bits per heavy atom. The molecule has 20 heteroatoms. The van der Waals surface area contributed by atoms with E-state index >= 15 is 0 Å². The number of halogens is 4. The van der Waals surface area contributed by atoms with Gasteiger partial charge in [0.25, 0.3) is 23.6 Å². The third-order valence-electron chi connectivity index (χ3n) is 9.52. The maximum absolute atomic E-state index is 13.6. The predicted octanol–water partition coefficient (Wildman–Crippen LogP) is 11.5. The van der Waals surface area contributed by atoms with Gasteiger partial charge in [-0.2, -0.15) is 20.5 Å². The maximum Gasteiger partial charge on any atom is 0.259 e. The van der Waals surface area contributed by atoms with E-state index in [-0.39, 0.29) is 66.2 Å². The molecule has 0 saturated heterocycles. The average molecular weight is 977 g/mol. The minimum absolute atomic E-state index is 0.00736. The van der Waals surface area contributed by atoms with Crippen LogP contribution in [-0.2, 0) is 19.2 Å². The Bertz CT molecular complexity index is 2690. The average Bonchev–Trinajstić information content (AvgIpc) is 3.27. The molecule has 0 heterocycles. The highest BCUT2D eigenvalue weighted by molar-refractivity contribution is 6.33. The van der Waals surface area contributed by atoms with E-state index in [1.165, 1.54) is 62.8 Å². The third-order valence-corrected chi connectivity index (χ3v) is 10.7. The number of nitrogens with one attached hydrogen (secondary N) is 4. The van der Waals surface area contributed by atoms with E-state index in [0.717, 1.165) is 25.0 Å². The molecule has 0 radical (unpaired) electrons. The summed E-state index contributed by atoms with van der Waals surface area (Å²) in [4.78, 5) is 78.6. The van der Waals surface area contributed by atoms with Crippen LogP contribution < -0.4 is 30.7 Å². The number of methoxy groups -OCH3 is 2. The van der Waals surface area contributed by atoms with Gasteiger partial charge < -0.3 is 30.7 Å². The number of ketones is 2. The van der Waals surface area contributed by atoms with E-state index in [2.05, 4.69) is 41.7 Å². The number of ether oxygens (including phenoxy) is 2. The molecule has 0 aliphatic heterocycles. The first kappa shape index (κ1) is 50.3. The molecule has 0 spiro atoms. The topological polar surface area (TPSA) is 218 Å². The van der Waals surface area contributed by atoms with Crippen molar-refractivity contribution in [3.05, 3.63) is 129 Å². The molecular formula is C46H42Cl4N8O8. The summed E-state index contributed by atoms with van der Waals surface area (Å²) < 4.78 is 11.0. The van der Waals surface area contributed by atoms with Crippen LogP contribution in [0.2, 0.25) is 10.0 Å². The molecule has 5 rings (SSSR count). The zero-order valence-corrected chi connectivity index (χ0v) is 39.1. The van der Waals surface area contributed by atoms with E-state index in [0.29, 0.717) is 11.4 Å². The van der Waals surface area contributed by atoms with E-state index in [9.17, 15) is 28.8 Å². The summed E-state index contributed by atoms with van der Waals surface area (Å²) in [6, 6.07) is 21.8. The van der Waals surface area contributed by atoms with Crippen LogP contribution in [0.3, 0.4) is 0 Å². The number of hydrogen-bond donors (Lipinski definition) is 4. The second-order valence-electron chi connectivity index (χ2n) is 14.4. The van der Waals surface area contributed by atoms with Gasteiger partial charge in [-0.25, -0.2) is 0 Å². The van der Waals surface area contributed by atoms with Crippen LogP contribution in [0.4, 0.5) is 34.1 Å². The number of nitrogens with zero attached hydrogens (tertiary/aromatic N) is 4. The minimum atomic E-state index is -1.70. The van der Waals surface area contributed by atoms with Gasteiger partial charge in [0, 0.05) is 40.3 Å². The van der Waals surface area contributed by atoms with E-state index in [1.54, 1.807) is 48.5 Å². The number of Topliss-reactive ketones (excluding diaryl/α,β-unsaturated/α-hetero) is 2. The number of alkyl halides is 2. The number of amides is 4. The maximum atomic E-state index is 13.6. The minimum Gasteiger partial charge on any atom is -0.494 e. The standard InChI is InChI=1S/C46H42Cl4N8O8/c1-23(47)27-7-13-31(14-8-27)51-43(61)29-11-17-34(49)36(19-29)55-57-40(25(3)59)45(63)53-33-21-38(65-5)42(39(22-33)66-6)54-46(64)41(26(4)60)58-56-37-20-30(12-18-35(37)50)44(62)52-32-15-9-28(10-16-32)24(2)48/h7-24,40-41H,1-6H3,(H,51,61)(H,52,62)(H,53,63)(H,54,64). The van der Waals surface area contributed by atoms with Gasteiger partial charge in [-0.1, -0.05) is 47.5 Å². The number of benzene rings is 5. The number of rotatable bonds is 18. The third kappa shape index (κ3) is 13.2. The number of hydrogen-bond acceptors (Lipinski definition) is 12. The molecule has 5 aromatic carbocycles. The van der Waals surface area contributed by atoms with Crippen molar-refractivity contribution in [2.75, 3.05) is 35.5 Å². The van der Waals surface area contributed by atoms with Crippen molar-refractivity contribution in [1.29, 1.82) is 0 Å². The quantitative estimate of drug-likeness (QED) is 0.0375. The number of azo groups is 2. The van der Waals surface area contributed by atoms with Gasteiger partial charge >= 0.3 is 0 Å². The molecular weight excluding hydrogens is 934 g/mol. The van der Waals surface area contributed by atoms with Crippen LogP contribution >= 0.6 is 46.4 Å². The lowest BCUT2D eigenvalue weighted by Gasteiger charge is -2.18. The monoisotopic (exact) mass is 974 g/mol. The highest BCUT2D eigenvalue weighted by Gasteiger charge is 2.28. The van der Waals surface area contributed by atoms with Crippen LogP contribution in [0.25, 0.3) is 0 Å². The van der Waals surface area contributed by atoms with Crippen LogP contribution in [0.15, 0.2) is 118 Å². The summed E-state index contributed by atoms with van der Waals surface area (Å²) in [5, 5.41) is 26.4. The van der Waals surface area contributed by atoms with Crippen LogP contribution in [0.5, 0.6) is 11.5 Å². The number of anilines is 4. The van der Waals surface area contributed by atoms with Crippen LogP contribution in [0, 0.1) is 0 Å². The second kappa shape index (κ2) is 22.9. The van der Waals surface area contributed by atoms with Gasteiger partial charge in [0.2, 0.25) is 12.1 Å². The Kier molecular flexibility index (Phi) is 17.5. The largest absolute Gasteiger partial charge is 0.494 e. The molecule has 0 aliphatic rings. The fourth-order valence-corrected chi connectivity index (χ4v) is 6.52. The van der Waals surface area contributed by atoms with Crippen molar-refractivity contribution in [2.45, 2.75) is 50.5 Å². The Hall–Kier alpha value is -6.72. The van der Waals surface area contributed by atoms with E-state index < -0.39 is 47.3 Å². The zero-order valence-electron chi connectivity index (χ0n) is 36.1. The smallest absolute Gasteiger partial charge is 0.259 e. The molecule has 342 valence electrons. The number of carbonyl (C=O) groups excluding carboxylic acids is 6. The van der Waals surface area contributed by atoms with Crippen molar-refractivity contribution >= 4 is 116 Å². The molecule has 4 amide bonds. The van der Waals surface area contributed by atoms with Crippen molar-refractivity contribution in [2.24, 2.45) is 20.5 Å². The summed E-state index contributed by atoms with van der Waals surface area (Å²) >= 11 is 24.9. The fraction of sp³-hybridized carbons (Fsp3) is 0.217. The van der Waals surface area contributed by atoms with Crippen molar-refractivity contribution < 1.29 is 38.2 Å². The molecule has 4 unspecified atom stereocenters. The summed E-state index contributed by atoms with van der Waals surface area (Å²) in [7, 11) is 2.56. The summed E-state index contributed by atoms with van der Waals surface area (Å²) in [6.07, 6.45) is 0. The Labute approximate surface area is 399 Å². The molecule has 66 heavy (non-hydrogen) atoms. The SMILES string of the molecule is COc1cc(NC(=O)C(N=Nc2cc(C(=O)Nc3ccc(C(C)Cl)cc3)ccc2Cl)C(C)=O)cc(OC)c1NC(=O)C(N=Nc1cc(C(=O)Nc2ccc(C(C)Cl)cc2)ccc1Cl)C(C)=O. The highest BCUT2D eigenvalue weighted by atomic mass is 35.5. The summed E-state index contributed by atoms with van der Waals surface area (Å²) in [5.41, 5.74) is 3.18. The molecule has 0 aliphatic carbocycles. The van der Waals surface area contributed by atoms with Gasteiger partial charge in [-0.05, 0) is 99.5 Å². The number of carbonyl (C=O) groups is 6. The van der Waals surface area contributed by atoms with Gasteiger partial charge in [0.15, 0.2) is 11.6 Å². The molecule has 0 fully saturated rings. The van der Waals surface area contributed by atoms with Crippen molar-refractivity contribution in [3.63, 3.8) is 0 Å². The second-order valence-corrected chi connectivity index (χ2v) is 16.5. The lowest BCUT2D eigenvalue weighted by atomic mass is 10.1.